The van der Waals surface area contributed by atoms with Crippen LogP contribution in [0.5, 0.6) is 5.75 Å². The van der Waals surface area contributed by atoms with Gasteiger partial charge in [-0.1, -0.05) is 25.3 Å². The number of hydrogen-bond donors (Lipinski definition) is 1. The molecule has 51 heavy (non-hydrogen) atoms. The minimum atomic E-state index is -3.83. The number of aromatic nitrogens is 3. The van der Waals surface area contributed by atoms with E-state index in [-0.39, 0.29) is 11.5 Å². The largest absolute Gasteiger partial charge is 0.497 e. The third kappa shape index (κ3) is 6.37. The molecule has 0 spiro atoms. The van der Waals surface area contributed by atoms with Crippen LogP contribution in [-0.2, 0) is 23.6 Å². The second-order valence-corrected chi connectivity index (χ2v) is 17.0. The van der Waals surface area contributed by atoms with E-state index in [2.05, 4.69) is 45.5 Å². The zero-order chi connectivity index (χ0) is 36.2. The maximum atomic E-state index is 14.2. The van der Waals surface area contributed by atoms with E-state index in [0.717, 1.165) is 76.8 Å². The van der Waals surface area contributed by atoms with Crippen molar-refractivity contribution in [3.8, 4) is 17.0 Å². The summed E-state index contributed by atoms with van der Waals surface area (Å²) in [6, 6.07) is 12.0. The van der Waals surface area contributed by atoms with Gasteiger partial charge in [0.2, 0.25) is 10.0 Å². The van der Waals surface area contributed by atoms with Crippen LogP contribution in [0.25, 0.3) is 33.8 Å². The Bertz CT molecular complexity index is 2160. The van der Waals surface area contributed by atoms with Crippen molar-refractivity contribution in [1.82, 2.24) is 28.9 Å². The van der Waals surface area contributed by atoms with Crippen LogP contribution in [0, 0.1) is 0 Å². The van der Waals surface area contributed by atoms with Crippen molar-refractivity contribution in [1.29, 1.82) is 0 Å². The molecule has 4 heterocycles. The number of sulfonamides is 1. The molecule has 1 aliphatic carbocycles. The number of nitrogens with one attached hydrogen (secondary N) is 1. The number of allylic oxidation sites excluding steroid dienone is 1. The van der Waals surface area contributed by atoms with Crippen LogP contribution in [0.3, 0.4) is 0 Å². The van der Waals surface area contributed by atoms with E-state index in [1.807, 2.05) is 36.2 Å². The summed E-state index contributed by atoms with van der Waals surface area (Å²) in [6.45, 7) is 4.84. The molecule has 4 aromatic rings. The average Bonchev–Trinajstić information content (AvgIpc) is 3.81. The van der Waals surface area contributed by atoms with Gasteiger partial charge in [0.1, 0.15) is 5.75 Å². The first-order valence-corrected chi connectivity index (χ1v) is 19.5. The fourth-order valence-corrected chi connectivity index (χ4v) is 8.74. The summed E-state index contributed by atoms with van der Waals surface area (Å²) in [5, 5.41) is 4.92. The van der Waals surface area contributed by atoms with Crippen molar-refractivity contribution in [3.63, 3.8) is 0 Å². The zero-order valence-electron chi connectivity index (χ0n) is 30.4. The summed E-state index contributed by atoms with van der Waals surface area (Å²) in [5.41, 5.74) is 7.66. The molecule has 11 nitrogen and oxygen atoms in total. The van der Waals surface area contributed by atoms with Gasteiger partial charge in [-0.2, -0.15) is 5.10 Å². The first-order chi connectivity index (χ1) is 24.4. The van der Waals surface area contributed by atoms with Gasteiger partial charge >= 0.3 is 0 Å². The third-order valence-electron chi connectivity index (χ3n) is 11.1. The van der Waals surface area contributed by atoms with E-state index in [1.54, 1.807) is 37.9 Å². The maximum Gasteiger partial charge on any atom is 0.264 e. The molecule has 0 radical (unpaired) electrons. The molecule has 2 aromatic heterocycles. The van der Waals surface area contributed by atoms with Gasteiger partial charge in [0, 0.05) is 48.2 Å². The summed E-state index contributed by atoms with van der Waals surface area (Å²) in [7, 11) is 3.81. The number of amides is 2. The Balaban J connectivity index is 1.43. The second-order valence-electron chi connectivity index (χ2n) is 14.8. The van der Waals surface area contributed by atoms with E-state index < -0.39 is 21.2 Å². The Morgan fingerprint density at radius 1 is 1.02 bits per heavy atom. The van der Waals surface area contributed by atoms with Crippen molar-refractivity contribution < 1.29 is 22.7 Å². The molecule has 0 bridgehead atoms. The third-order valence-corrected chi connectivity index (χ3v) is 12.8. The molecule has 1 N–H and O–H groups in total. The van der Waals surface area contributed by atoms with Gasteiger partial charge < -0.3 is 19.1 Å². The molecule has 2 aliphatic heterocycles. The van der Waals surface area contributed by atoms with Crippen molar-refractivity contribution in [2.75, 3.05) is 34.3 Å². The van der Waals surface area contributed by atoms with Crippen molar-refractivity contribution in [2.24, 2.45) is 7.05 Å². The fourth-order valence-electron chi connectivity index (χ4n) is 8.13. The SMILES string of the molecule is COc1ccc2c(c1)C=C(c1c(C(=O)N3CCC(N(C)C)C3)cnn1C)Cn1c-2c(C2CCCCC2)c2ccc(C(=O)NS(=O)(=O)C(C)C)cc21. The summed E-state index contributed by atoms with van der Waals surface area (Å²) in [6.07, 6.45) is 10.4. The second kappa shape index (κ2) is 13.6. The Hall–Kier alpha value is -4.42. The van der Waals surface area contributed by atoms with Crippen LogP contribution in [0.1, 0.15) is 95.8 Å². The molecule has 7 rings (SSSR count). The number of nitrogens with zero attached hydrogens (tertiary/aromatic N) is 5. The quantitative estimate of drug-likeness (QED) is 0.242. The van der Waals surface area contributed by atoms with Gasteiger partial charge in [-0.25, -0.2) is 13.1 Å². The number of benzene rings is 2. The Kier molecular flexibility index (Phi) is 9.34. The topological polar surface area (TPSA) is 119 Å². The van der Waals surface area contributed by atoms with Gasteiger partial charge in [0.15, 0.2) is 0 Å². The Morgan fingerprint density at radius 2 is 1.78 bits per heavy atom. The number of likely N-dealkylation sites (tertiary alicyclic amines) is 1. The zero-order valence-corrected chi connectivity index (χ0v) is 31.2. The minimum Gasteiger partial charge on any atom is -0.497 e. The predicted molar refractivity (Wildman–Crippen MR) is 200 cm³/mol. The van der Waals surface area contributed by atoms with Gasteiger partial charge in [0.25, 0.3) is 11.8 Å². The van der Waals surface area contributed by atoms with Crippen LogP contribution >= 0.6 is 0 Å². The molecule has 270 valence electrons. The van der Waals surface area contributed by atoms with Crippen molar-refractivity contribution in [2.45, 2.75) is 76.1 Å². The van der Waals surface area contributed by atoms with Crippen LogP contribution in [0.2, 0.25) is 0 Å². The van der Waals surface area contributed by atoms with Crippen molar-refractivity contribution >= 4 is 44.4 Å². The van der Waals surface area contributed by atoms with E-state index in [9.17, 15) is 18.0 Å². The molecule has 1 unspecified atom stereocenters. The molecule has 12 heteroatoms. The molecule has 1 saturated heterocycles. The number of aryl methyl sites for hydroxylation is 1. The lowest BCUT2D eigenvalue weighted by Gasteiger charge is -2.24. The van der Waals surface area contributed by atoms with Gasteiger partial charge in [-0.15, -0.1) is 0 Å². The summed E-state index contributed by atoms with van der Waals surface area (Å²) in [4.78, 5) is 31.7. The van der Waals surface area contributed by atoms with Crippen LogP contribution < -0.4 is 9.46 Å². The van der Waals surface area contributed by atoms with E-state index in [1.165, 1.54) is 12.0 Å². The normalized spacial score (nSPS) is 18.2. The lowest BCUT2D eigenvalue weighted by atomic mass is 9.81. The highest BCUT2D eigenvalue weighted by Crippen LogP contribution is 2.48. The van der Waals surface area contributed by atoms with E-state index in [0.29, 0.717) is 37.2 Å². The summed E-state index contributed by atoms with van der Waals surface area (Å²) < 4.78 is 37.4. The number of carbonyl (C=O) groups excluding carboxylic acids is 2. The van der Waals surface area contributed by atoms with E-state index in [4.69, 9.17) is 4.74 Å². The highest BCUT2D eigenvalue weighted by molar-refractivity contribution is 7.90. The van der Waals surface area contributed by atoms with Crippen LogP contribution in [0.15, 0.2) is 42.6 Å². The first kappa shape index (κ1) is 35.0. The standard InChI is InChI=1S/C39H48N6O5S/c1-24(2)51(48,49)41-38(46)26-12-14-32-34(20-26)45-22-28(36-33(21-40-43(36)5)39(47)44-17-16-29(23-44)42(3)4)18-27-19-30(50-6)13-15-31(27)37(45)35(32)25-10-8-7-9-11-25/h12-15,18-21,24-25,29H,7-11,16-17,22-23H2,1-6H3,(H,41,46). The van der Waals surface area contributed by atoms with Gasteiger partial charge in [0.05, 0.1) is 42.1 Å². The lowest BCUT2D eigenvalue weighted by molar-refractivity contribution is 0.0782. The lowest BCUT2D eigenvalue weighted by Crippen LogP contribution is -2.35. The van der Waals surface area contributed by atoms with Crippen molar-refractivity contribution in [3.05, 3.63) is 70.5 Å². The van der Waals surface area contributed by atoms with Gasteiger partial charge in [-0.05, 0) is 106 Å². The highest BCUT2D eigenvalue weighted by Gasteiger charge is 2.34. The number of carbonyl (C=O) groups is 2. The van der Waals surface area contributed by atoms with Crippen LogP contribution in [0.4, 0.5) is 0 Å². The monoisotopic (exact) mass is 712 g/mol. The predicted octanol–water partition coefficient (Wildman–Crippen LogP) is 5.90. The number of hydrogen-bond acceptors (Lipinski definition) is 7. The molecule has 1 saturated carbocycles. The fraction of sp³-hybridized carbons (Fsp3) is 0.462. The number of likely N-dealkylation sites (N-methyl/N-ethyl adjacent to an activating group) is 1. The first-order valence-electron chi connectivity index (χ1n) is 18.0. The molecule has 3 aliphatic rings. The number of methoxy groups -OCH3 is 1. The Labute approximate surface area is 300 Å². The maximum absolute atomic E-state index is 14.2. The molecule has 2 aromatic carbocycles. The number of fused-ring (bicyclic) bond motifs is 5. The number of rotatable bonds is 8. The molecular weight excluding hydrogens is 665 g/mol. The summed E-state index contributed by atoms with van der Waals surface area (Å²) >= 11 is 0. The summed E-state index contributed by atoms with van der Waals surface area (Å²) in [5.74, 6) is 0.357. The minimum absolute atomic E-state index is 0.0377. The molecule has 2 amide bonds. The highest BCUT2D eigenvalue weighted by atomic mass is 32.2. The molecule has 1 atom stereocenters. The van der Waals surface area contributed by atoms with Gasteiger partial charge in [-0.3, -0.25) is 14.3 Å². The molecule has 2 fully saturated rings. The molecular formula is C39H48N6O5S. The smallest absolute Gasteiger partial charge is 0.264 e. The Morgan fingerprint density at radius 3 is 2.47 bits per heavy atom. The van der Waals surface area contributed by atoms with Crippen LogP contribution in [-0.4, -0.2) is 90.0 Å². The van der Waals surface area contributed by atoms with E-state index >= 15 is 0 Å². The number of ether oxygens (including phenoxy) is 1. The average molecular weight is 713 g/mol.